The molecule has 0 aromatic carbocycles. The van der Waals surface area contributed by atoms with Crippen LogP contribution < -0.4 is 5.32 Å². The van der Waals surface area contributed by atoms with E-state index in [1.165, 1.54) is 44.3 Å². The van der Waals surface area contributed by atoms with Gasteiger partial charge in [-0.05, 0) is 51.4 Å². The summed E-state index contributed by atoms with van der Waals surface area (Å²) in [5.41, 5.74) is 1.72. The van der Waals surface area contributed by atoms with E-state index in [2.05, 4.69) is 41.6 Å². The Balaban J connectivity index is 1.50. The molecule has 2 atom stereocenters. The maximum absolute atomic E-state index is 4.44. The maximum atomic E-state index is 4.44. The quantitative estimate of drug-likeness (QED) is 0.902. The first-order valence-electron chi connectivity index (χ1n) is 8.68. The second-order valence-electron chi connectivity index (χ2n) is 7.59. The molecule has 2 saturated carbocycles. The zero-order chi connectivity index (χ0) is 14.4. The first kappa shape index (κ1) is 13.8. The summed E-state index contributed by atoms with van der Waals surface area (Å²) in [5.74, 6) is 1.83. The minimum Gasteiger partial charge on any atom is -0.308 e. The molecule has 1 aliphatic heterocycles. The van der Waals surface area contributed by atoms with E-state index in [0.717, 1.165) is 31.0 Å². The largest absolute Gasteiger partial charge is 0.308 e. The molecule has 4 rings (SSSR count). The molecule has 4 nitrogen and oxygen atoms in total. The average molecular weight is 288 g/mol. The van der Waals surface area contributed by atoms with Crippen LogP contribution in [0.2, 0.25) is 0 Å². The third kappa shape index (κ3) is 2.76. The molecule has 3 aliphatic rings. The van der Waals surface area contributed by atoms with Crippen molar-refractivity contribution < 1.29 is 0 Å². The predicted molar refractivity (Wildman–Crippen MR) is 84.0 cm³/mol. The molecule has 1 N–H and O–H groups in total. The fraction of sp³-hybridized carbons (Fsp3) is 0.824. The van der Waals surface area contributed by atoms with Gasteiger partial charge in [-0.15, -0.1) is 0 Å². The Morgan fingerprint density at radius 1 is 1.33 bits per heavy atom. The Hall–Kier alpha value is -0.870. The van der Waals surface area contributed by atoms with Crippen molar-refractivity contribution in [1.29, 1.82) is 0 Å². The Bertz CT molecular complexity index is 503. The number of hydrogen-bond donors (Lipinski definition) is 1. The van der Waals surface area contributed by atoms with Gasteiger partial charge < -0.3 is 5.32 Å². The monoisotopic (exact) mass is 288 g/mol. The van der Waals surface area contributed by atoms with Crippen LogP contribution in [0.15, 0.2) is 12.4 Å². The third-order valence-electron chi connectivity index (χ3n) is 5.76. The fourth-order valence-corrected chi connectivity index (χ4v) is 4.07. The van der Waals surface area contributed by atoms with Gasteiger partial charge in [0, 0.05) is 49.5 Å². The van der Waals surface area contributed by atoms with Gasteiger partial charge in [-0.2, -0.15) is 5.10 Å². The van der Waals surface area contributed by atoms with E-state index < -0.39 is 0 Å². The Labute approximate surface area is 127 Å². The molecular formula is C17H28N4. The summed E-state index contributed by atoms with van der Waals surface area (Å²) >= 11 is 0. The molecule has 3 fully saturated rings. The van der Waals surface area contributed by atoms with E-state index in [0.29, 0.717) is 5.54 Å². The summed E-state index contributed by atoms with van der Waals surface area (Å²) in [6.07, 6.45) is 9.97. The summed E-state index contributed by atoms with van der Waals surface area (Å²) in [4.78, 5) is 2.75. The highest BCUT2D eigenvalue weighted by molar-refractivity contribution is 5.10. The molecule has 0 amide bonds. The summed E-state index contributed by atoms with van der Waals surface area (Å²) in [6.45, 7) is 9.02. The third-order valence-corrected chi connectivity index (χ3v) is 5.76. The highest BCUT2D eigenvalue weighted by Gasteiger charge is 2.48. The molecule has 21 heavy (non-hydrogen) atoms. The lowest BCUT2D eigenvalue weighted by atomic mass is 9.89. The Morgan fingerprint density at radius 3 is 2.76 bits per heavy atom. The van der Waals surface area contributed by atoms with Gasteiger partial charge in [-0.1, -0.05) is 0 Å². The molecule has 0 spiro atoms. The molecule has 4 heteroatoms. The van der Waals surface area contributed by atoms with Crippen LogP contribution in [-0.4, -0.2) is 39.4 Å². The zero-order valence-electron chi connectivity index (χ0n) is 13.4. The molecule has 116 valence electrons. The van der Waals surface area contributed by atoms with Crippen molar-refractivity contribution in [2.75, 3.05) is 13.1 Å². The van der Waals surface area contributed by atoms with Crippen molar-refractivity contribution in [2.45, 2.75) is 64.2 Å². The SMILES string of the molecule is CCn1cc(CN2CC(C)(C3CC3)NCC2C2CC2)cn1. The lowest BCUT2D eigenvalue weighted by Crippen LogP contribution is -2.64. The minimum absolute atomic E-state index is 0.339. The first-order chi connectivity index (χ1) is 10.2. The minimum atomic E-state index is 0.339. The van der Waals surface area contributed by atoms with Gasteiger partial charge in [0.2, 0.25) is 0 Å². The van der Waals surface area contributed by atoms with Crippen molar-refractivity contribution in [2.24, 2.45) is 11.8 Å². The highest BCUT2D eigenvalue weighted by Crippen LogP contribution is 2.44. The topological polar surface area (TPSA) is 33.1 Å². The second-order valence-corrected chi connectivity index (χ2v) is 7.59. The number of rotatable bonds is 5. The van der Waals surface area contributed by atoms with Crippen LogP contribution in [0, 0.1) is 11.8 Å². The van der Waals surface area contributed by atoms with Crippen LogP contribution >= 0.6 is 0 Å². The fourth-order valence-electron chi connectivity index (χ4n) is 4.07. The average Bonchev–Trinajstić information content (AvgIpc) is 3.36. The van der Waals surface area contributed by atoms with Crippen molar-refractivity contribution in [3.05, 3.63) is 18.0 Å². The van der Waals surface area contributed by atoms with Crippen LogP contribution in [0.1, 0.15) is 45.1 Å². The molecule has 2 aliphatic carbocycles. The van der Waals surface area contributed by atoms with Gasteiger partial charge >= 0.3 is 0 Å². The second kappa shape index (κ2) is 5.10. The highest BCUT2D eigenvalue weighted by atomic mass is 15.3. The Kier molecular flexibility index (Phi) is 3.34. The van der Waals surface area contributed by atoms with E-state index in [4.69, 9.17) is 0 Å². The molecule has 2 heterocycles. The number of nitrogens with one attached hydrogen (secondary N) is 1. The molecule has 1 saturated heterocycles. The number of piperazine rings is 1. The molecule has 1 aromatic heterocycles. The van der Waals surface area contributed by atoms with Crippen LogP contribution in [0.25, 0.3) is 0 Å². The first-order valence-corrected chi connectivity index (χ1v) is 8.68. The summed E-state index contributed by atoms with van der Waals surface area (Å²) in [5, 5.41) is 8.34. The number of aromatic nitrogens is 2. The van der Waals surface area contributed by atoms with E-state index in [1.54, 1.807) is 0 Å². The lowest BCUT2D eigenvalue weighted by Gasteiger charge is -2.47. The standard InChI is InChI=1S/C17H28N4/c1-3-21-11-13(8-19-21)10-20-12-17(2,15-6-7-15)18-9-16(20)14-4-5-14/h8,11,14-16,18H,3-7,9-10,12H2,1-2H3. The summed E-state index contributed by atoms with van der Waals surface area (Å²) < 4.78 is 2.05. The van der Waals surface area contributed by atoms with Crippen LogP contribution in [0.3, 0.4) is 0 Å². The van der Waals surface area contributed by atoms with Crippen LogP contribution in [0.4, 0.5) is 0 Å². The van der Waals surface area contributed by atoms with E-state index in [-0.39, 0.29) is 0 Å². The van der Waals surface area contributed by atoms with Gasteiger partial charge in [0.05, 0.1) is 6.20 Å². The van der Waals surface area contributed by atoms with Crippen molar-refractivity contribution >= 4 is 0 Å². The van der Waals surface area contributed by atoms with E-state index >= 15 is 0 Å². The zero-order valence-corrected chi connectivity index (χ0v) is 13.4. The van der Waals surface area contributed by atoms with Gasteiger partial charge in [0.1, 0.15) is 0 Å². The van der Waals surface area contributed by atoms with E-state index in [1.807, 2.05) is 4.68 Å². The van der Waals surface area contributed by atoms with Gasteiger partial charge in [0.15, 0.2) is 0 Å². The maximum Gasteiger partial charge on any atom is 0.0534 e. The molecule has 0 bridgehead atoms. The van der Waals surface area contributed by atoms with Crippen molar-refractivity contribution in [3.8, 4) is 0 Å². The van der Waals surface area contributed by atoms with Crippen molar-refractivity contribution in [3.63, 3.8) is 0 Å². The Morgan fingerprint density at radius 2 is 2.14 bits per heavy atom. The van der Waals surface area contributed by atoms with E-state index in [9.17, 15) is 0 Å². The molecular weight excluding hydrogens is 260 g/mol. The smallest absolute Gasteiger partial charge is 0.0534 e. The van der Waals surface area contributed by atoms with Gasteiger partial charge in [0.25, 0.3) is 0 Å². The molecule has 0 radical (unpaired) electrons. The number of hydrogen-bond acceptors (Lipinski definition) is 3. The van der Waals surface area contributed by atoms with Gasteiger partial charge in [-0.3, -0.25) is 9.58 Å². The predicted octanol–water partition coefficient (Wildman–Crippen LogP) is 2.26. The number of nitrogens with zero attached hydrogens (tertiary/aromatic N) is 3. The summed E-state index contributed by atoms with van der Waals surface area (Å²) in [6, 6.07) is 0.738. The molecule has 1 aromatic rings. The number of aryl methyl sites for hydroxylation is 1. The lowest BCUT2D eigenvalue weighted by molar-refractivity contribution is 0.0578. The van der Waals surface area contributed by atoms with Crippen molar-refractivity contribution in [1.82, 2.24) is 20.0 Å². The van der Waals surface area contributed by atoms with Crippen LogP contribution in [0.5, 0.6) is 0 Å². The normalized spacial score (nSPS) is 34.3. The summed E-state index contributed by atoms with van der Waals surface area (Å²) in [7, 11) is 0. The van der Waals surface area contributed by atoms with Gasteiger partial charge in [-0.25, -0.2) is 0 Å². The van der Waals surface area contributed by atoms with Crippen LogP contribution in [-0.2, 0) is 13.1 Å². The molecule has 2 unspecified atom stereocenters.